The third-order valence-electron chi connectivity index (χ3n) is 5.55. The Morgan fingerprint density at radius 1 is 1.03 bits per heavy atom. The quantitative estimate of drug-likeness (QED) is 0.474. The lowest BCUT2D eigenvalue weighted by molar-refractivity contribution is 0.233. The number of aryl methyl sites for hydroxylation is 1. The van der Waals surface area contributed by atoms with E-state index in [1.54, 1.807) is 7.11 Å². The molecule has 0 unspecified atom stereocenters. The molecule has 0 spiro atoms. The molecule has 0 atom stereocenters. The Morgan fingerprint density at radius 3 is 2.76 bits per heavy atom. The summed E-state index contributed by atoms with van der Waals surface area (Å²) in [6.45, 7) is 6.85. The van der Waals surface area contributed by atoms with Crippen LogP contribution in [0.5, 0.6) is 11.5 Å². The molecule has 0 N–H and O–H groups in total. The van der Waals surface area contributed by atoms with Crippen molar-refractivity contribution in [3.63, 3.8) is 0 Å². The minimum atomic E-state index is 0.751. The van der Waals surface area contributed by atoms with Gasteiger partial charge >= 0.3 is 0 Å². The Morgan fingerprint density at radius 2 is 1.90 bits per heavy atom. The average molecular weight is 415 g/mol. The number of anilines is 1. The molecule has 0 bridgehead atoms. The second-order valence-corrected chi connectivity index (χ2v) is 8.30. The van der Waals surface area contributed by atoms with Crippen molar-refractivity contribution in [2.24, 2.45) is 0 Å². The number of piperazine rings is 1. The molecule has 4 rings (SSSR count). The molecule has 1 fully saturated rings. The highest BCUT2D eigenvalue weighted by Gasteiger charge is 2.19. The number of fused-ring (bicyclic) bond motifs is 1. The van der Waals surface area contributed by atoms with Crippen molar-refractivity contribution in [3.8, 4) is 11.5 Å². The van der Waals surface area contributed by atoms with Crippen molar-refractivity contribution >= 4 is 17.7 Å². The Bertz CT molecular complexity index is 793. The van der Waals surface area contributed by atoms with Crippen molar-refractivity contribution in [1.82, 2.24) is 4.90 Å². The van der Waals surface area contributed by atoms with E-state index in [2.05, 4.69) is 40.1 Å². The van der Waals surface area contributed by atoms with E-state index in [1.807, 2.05) is 12.1 Å². The lowest BCUT2D eigenvalue weighted by atomic mass is 10.1. The van der Waals surface area contributed by atoms with Gasteiger partial charge in [-0.1, -0.05) is 24.3 Å². The molecule has 2 aromatic rings. The molecule has 2 aromatic carbocycles. The van der Waals surface area contributed by atoms with E-state index in [4.69, 9.17) is 13.7 Å². The van der Waals surface area contributed by atoms with Crippen LogP contribution in [0.3, 0.4) is 0 Å². The number of hydrogen-bond acceptors (Lipinski definition) is 6. The number of ether oxygens (including phenoxy) is 2. The first-order valence-electron chi connectivity index (χ1n) is 10.5. The Kier molecular flexibility index (Phi) is 7.19. The van der Waals surface area contributed by atoms with E-state index in [0.717, 1.165) is 81.6 Å². The summed E-state index contributed by atoms with van der Waals surface area (Å²) in [5.74, 6) is 1.98. The fraction of sp³-hybridized carbons (Fsp3) is 0.478. The van der Waals surface area contributed by atoms with Crippen LogP contribution in [-0.2, 0) is 10.6 Å². The minimum Gasteiger partial charge on any atom is -0.495 e. The number of hydrogen-bond donors (Lipinski definition) is 0. The maximum absolute atomic E-state index is 5.88. The SMILES string of the molecule is COc1ccccc1N1CCN(CCCOSc2cccc3c2OCCC3)CC1. The van der Waals surface area contributed by atoms with Gasteiger partial charge in [0.15, 0.2) is 0 Å². The molecule has 29 heavy (non-hydrogen) atoms. The molecule has 2 aliphatic rings. The molecule has 156 valence electrons. The van der Waals surface area contributed by atoms with Crippen LogP contribution in [0.25, 0.3) is 0 Å². The number of nitrogens with zero attached hydrogens (tertiary/aromatic N) is 2. The maximum atomic E-state index is 5.88. The fourth-order valence-corrected chi connectivity index (χ4v) is 4.71. The number of para-hydroxylation sites is 3. The molecule has 2 aliphatic heterocycles. The zero-order valence-corrected chi connectivity index (χ0v) is 18.0. The summed E-state index contributed by atoms with van der Waals surface area (Å²) in [7, 11) is 1.74. The van der Waals surface area contributed by atoms with Crippen LogP contribution in [-0.4, -0.2) is 57.9 Å². The van der Waals surface area contributed by atoms with Crippen LogP contribution in [0.4, 0.5) is 5.69 Å². The van der Waals surface area contributed by atoms with Crippen LogP contribution < -0.4 is 14.4 Å². The summed E-state index contributed by atoms with van der Waals surface area (Å²) in [6.07, 6.45) is 3.24. The van der Waals surface area contributed by atoms with Gasteiger partial charge in [-0.3, -0.25) is 4.90 Å². The predicted molar refractivity (Wildman–Crippen MR) is 118 cm³/mol. The first kappa shape index (κ1) is 20.4. The first-order valence-corrected chi connectivity index (χ1v) is 11.2. The van der Waals surface area contributed by atoms with E-state index in [1.165, 1.54) is 23.3 Å². The maximum Gasteiger partial charge on any atom is 0.142 e. The van der Waals surface area contributed by atoms with Crippen LogP contribution in [0.1, 0.15) is 18.4 Å². The van der Waals surface area contributed by atoms with E-state index in [0.29, 0.717) is 0 Å². The van der Waals surface area contributed by atoms with Gasteiger partial charge in [-0.15, -0.1) is 0 Å². The molecule has 0 aromatic heterocycles. The van der Waals surface area contributed by atoms with Crippen LogP contribution in [0.2, 0.25) is 0 Å². The molecule has 5 nitrogen and oxygen atoms in total. The van der Waals surface area contributed by atoms with Crippen molar-refractivity contribution < 1.29 is 13.7 Å². The number of methoxy groups -OCH3 is 1. The van der Waals surface area contributed by atoms with Crippen molar-refractivity contribution in [2.75, 3.05) is 57.9 Å². The number of benzene rings is 2. The van der Waals surface area contributed by atoms with E-state index < -0.39 is 0 Å². The van der Waals surface area contributed by atoms with Crippen molar-refractivity contribution in [1.29, 1.82) is 0 Å². The van der Waals surface area contributed by atoms with Crippen LogP contribution in [0.15, 0.2) is 47.4 Å². The van der Waals surface area contributed by atoms with Gasteiger partial charge in [-0.25, -0.2) is 0 Å². The van der Waals surface area contributed by atoms with E-state index in [-0.39, 0.29) is 0 Å². The average Bonchev–Trinajstić information content (AvgIpc) is 2.79. The smallest absolute Gasteiger partial charge is 0.142 e. The topological polar surface area (TPSA) is 34.2 Å². The lowest BCUT2D eigenvalue weighted by Crippen LogP contribution is -2.46. The highest BCUT2D eigenvalue weighted by atomic mass is 32.2. The van der Waals surface area contributed by atoms with Gasteiger partial charge < -0.3 is 18.6 Å². The molecule has 0 amide bonds. The van der Waals surface area contributed by atoms with Gasteiger partial charge in [-0.2, -0.15) is 0 Å². The number of rotatable bonds is 8. The van der Waals surface area contributed by atoms with Gasteiger partial charge in [0.1, 0.15) is 11.5 Å². The minimum absolute atomic E-state index is 0.751. The molecular weight excluding hydrogens is 384 g/mol. The molecule has 6 heteroatoms. The Labute approximate surface area is 178 Å². The predicted octanol–water partition coefficient (Wildman–Crippen LogP) is 4.26. The summed E-state index contributed by atoms with van der Waals surface area (Å²) in [5, 5.41) is 0. The molecule has 2 heterocycles. The summed E-state index contributed by atoms with van der Waals surface area (Å²) >= 11 is 1.46. The van der Waals surface area contributed by atoms with Crippen molar-refractivity contribution in [2.45, 2.75) is 24.2 Å². The lowest BCUT2D eigenvalue weighted by Gasteiger charge is -2.36. The van der Waals surface area contributed by atoms with Crippen LogP contribution >= 0.6 is 12.0 Å². The monoisotopic (exact) mass is 414 g/mol. The third-order valence-corrected chi connectivity index (χ3v) is 6.33. The zero-order chi connectivity index (χ0) is 19.9. The molecule has 0 radical (unpaired) electrons. The summed E-state index contributed by atoms with van der Waals surface area (Å²) < 4.78 is 17.2. The van der Waals surface area contributed by atoms with Gasteiger partial charge in [0.05, 0.1) is 30.9 Å². The fourth-order valence-electron chi connectivity index (χ4n) is 3.98. The zero-order valence-electron chi connectivity index (χ0n) is 17.1. The Balaban J connectivity index is 1.16. The van der Waals surface area contributed by atoms with E-state index in [9.17, 15) is 0 Å². The highest BCUT2D eigenvalue weighted by Crippen LogP contribution is 2.36. The molecule has 0 saturated carbocycles. The van der Waals surface area contributed by atoms with Crippen molar-refractivity contribution in [3.05, 3.63) is 48.0 Å². The summed E-state index contributed by atoms with van der Waals surface area (Å²) in [6, 6.07) is 14.6. The third kappa shape index (κ3) is 5.18. The normalized spacial score (nSPS) is 16.9. The van der Waals surface area contributed by atoms with Gasteiger partial charge in [0.25, 0.3) is 0 Å². The van der Waals surface area contributed by atoms with E-state index >= 15 is 0 Å². The highest BCUT2D eigenvalue weighted by molar-refractivity contribution is 7.94. The standard InChI is InChI=1S/C23H30N2O3S/c1-26-21-10-3-2-9-20(21)25-15-13-24(14-16-25)12-6-18-28-29-22-11-4-7-19-8-5-17-27-23(19)22/h2-4,7,9-11H,5-6,8,12-18H2,1H3. The second kappa shape index (κ2) is 10.2. The van der Waals surface area contributed by atoms with Gasteiger partial charge in [0, 0.05) is 44.8 Å². The molecule has 1 saturated heterocycles. The van der Waals surface area contributed by atoms with Gasteiger partial charge in [-0.05, 0) is 43.0 Å². The summed E-state index contributed by atoms with van der Waals surface area (Å²) in [4.78, 5) is 6.04. The first-order chi connectivity index (χ1) is 14.3. The Hall–Kier alpha value is -1.89. The van der Waals surface area contributed by atoms with Crippen LogP contribution in [0, 0.1) is 0 Å². The molecular formula is C23H30N2O3S. The largest absolute Gasteiger partial charge is 0.495 e. The molecule has 0 aliphatic carbocycles. The summed E-state index contributed by atoms with van der Waals surface area (Å²) in [5.41, 5.74) is 2.50. The van der Waals surface area contributed by atoms with Gasteiger partial charge in [0.2, 0.25) is 0 Å². The second-order valence-electron chi connectivity index (χ2n) is 7.46.